The van der Waals surface area contributed by atoms with Crippen molar-refractivity contribution in [3.8, 4) is 0 Å². The van der Waals surface area contributed by atoms with Gasteiger partial charge in [-0.1, -0.05) is 255 Å². The van der Waals surface area contributed by atoms with E-state index in [1.807, 2.05) is 0 Å². The largest absolute Gasteiger partial charge is 0.394 e. The molecule has 3 rings (SSSR count). The quantitative estimate of drug-likeness (QED) is 0.0199. The number of allylic oxidation sites excluding steroid dienone is 8. The van der Waals surface area contributed by atoms with Crippen LogP contribution in [-0.2, 0) is 33.2 Å². The Labute approximate surface area is 542 Å². The molecule has 19 heteroatoms. The normalized spacial score (nSPS) is 28.3. The maximum atomic E-state index is 13.4. The fourth-order valence-corrected chi connectivity index (χ4v) is 12.1. The average molecular weight is 1280 g/mol. The van der Waals surface area contributed by atoms with Gasteiger partial charge in [-0.2, -0.15) is 0 Å². The zero-order chi connectivity index (χ0) is 65.4. The number of carbonyl (C=O) groups excluding carboxylic acids is 1. The molecule has 0 spiro atoms. The summed E-state index contributed by atoms with van der Waals surface area (Å²) in [6.45, 7) is 1.65. The van der Waals surface area contributed by atoms with Gasteiger partial charge in [0.05, 0.1) is 38.6 Å². The van der Waals surface area contributed by atoms with Crippen LogP contribution in [0.3, 0.4) is 0 Å². The molecule has 0 aliphatic carbocycles. The summed E-state index contributed by atoms with van der Waals surface area (Å²) in [5.74, 6) is -0.243. The molecule has 0 bridgehead atoms. The number of amides is 1. The Morgan fingerprint density at radius 1 is 0.411 bits per heavy atom. The lowest BCUT2D eigenvalue weighted by Gasteiger charge is -2.48. The number of carbonyl (C=O) groups is 1. The van der Waals surface area contributed by atoms with Gasteiger partial charge in [-0.15, -0.1) is 0 Å². The second-order valence-electron chi connectivity index (χ2n) is 25.7. The molecule has 0 aromatic carbocycles. The molecule has 0 saturated carbocycles. The third kappa shape index (κ3) is 34.4. The molecule has 90 heavy (non-hydrogen) atoms. The van der Waals surface area contributed by atoms with Crippen LogP contribution in [0.5, 0.6) is 0 Å². The van der Waals surface area contributed by atoms with Crippen molar-refractivity contribution in [1.29, 1.82) is 0 Å². The van der Waals surface area contributed by atoms with Gasteiger partial charge in [0.1, 0.15) is 73.2 Å². The van der Waals surface area contributed by atoms with E-state index in [1.165, 1.54) is 161 Å². The highest BCUT2D eigenvalue weighted by Crippen LogP contribution is 2.33. The molecule has 19 nitrogen and oxygen atoms in total. The van der Waals surface area contributed by atoms with Crippen molar-refractivity contribution < 1.29 is 89.4 Å². The lowest BCUT2D eigenvalue weighted by molar-refractivity contribution is -0.379. The van der Waals surface area contributed by atoms with Gasteiger partial charge in [-0.3, -0.25) is 4.79 Å². The number of aliphatic hydroxyl groups is 11. The van der Waals surface area contributed by atoms with Crippen LogP contribution in [0.2, 0.25) is 0 Å². The molecular weight excluding hydrogens is 1150 g/mol. The number of unbranched alkanes of at least 4 members (excludes halogenated alkanes) is 31. The zero-order valence-electron chi connectivity index (χ0n) is 55.6. The van der Waals surface area contributed by atoms with Crippen LogP contribution in [0.1, 0.15) is 264 Å². The van der Waals surface area contributed by atoms with E-state index in [2.05, 4.69) is 67.8 Å². The summed E-state index contributed by atoms with van der Waals surface area (Å²) in [6.07, 6.45) is 36.9. The van der Waals surface area contributed by atoms with Gasteiger partial charge in [0.2, 0.25) is 5.91 Å². The summed E-state index contributed by atoms with van der Waals surface area (Å²) in [4.78, 5) is 13.4. The highest BCUT2D eigenvalue weighted by atomic mass is 16.8. The summed E-state index contributed by atoms with van der Waals surface area (Å²) < 4.78 is 34.3. The van der Waals surface area contributed by atoms with Gasteiger partial charge in [0, 0.05) is 6.42 Å². The van der Waals surface area contributed by atoms with Gasteiger partial charge in [-0.25, -0.2) is 0 Å². The molecule has 3 heterocycles. The molecule has 3 fully saturated rings. The minimum atomic E-state index is -1.97. The van der Waals surface area contributed by atoms with E-state index in [0.29, 0.717) is 12.8 Å². The standard InChI is InChI=1S/C71H129NO18/c1-3-5-7-9-11-13-14-15-16-17-18-19-20-21-22-23-24-25-26-27-28-29-30-31-32-33-34-35-36-37-38-39-40-41-43-45-47-49-59(77)72-54(55(76)48-46-44-42-12-10-8-6-4-2)53-85-69-65(83)62(80)67(57(51-74)87-69)90-71-66(84)63(81)68(58(52-75)88-71)89-70-64(82)61(79)60(78)56(50-73)86-70/h5,7,11,13,15-16,18-19,54-58,60-71,73-76,78-84H,3-4,6,8-10,12,14,17,20-53H2,1-2H3,(H,72,77)/b7-5-,13-11-,16-15-,19-18-. The first-order valence-electron chi connectivity index (χ1n) is 35.9. The first kappa shape index (κ1) is 82.0. The number of nitrogens with one attached hydrogen (secondary N) is 1. The third-order valence-electron chi connectivity index (χ3n) is 17.9. The Morgan fingerprint density at radius 2 is 0.767 bits per heavy atom. The second kappa shape index (κ2) is 53.0. The number of aliphatic hydroxyl groups excluding tert-OH is 11. The Morgan fingerprint density at radius 3 is 1.20 bits per heavy atom. The highest BCUT2D eigenvalue weighted by Gasteiger charge is 2.53. The smallest absolute Gasteiger partial charge is 0.220 e. The number of rotatable bonds is 55. The fraction of sp³-hybridized carbons (Fsp3) is 0.873. The van der Waals surface area contributed by atoms with Crippen LogP contribution in [0.15, 0.2) is 48.6 Å². The van der Waals surface area contributed by atoms with Crippen LogP contribution >= 0.6 is 0 Å². The van der Waals surface area contributed by atoms with Crippen molar-refractivity contribution in [3.63, 3.8) is 0 Å². The lowest BCUT2D eigenvalue weighted by atomic mass is 9.96. The van der Waals surface area contributed by atoms with Crippen LogP contribution in [0, 0.1) is 0 Å². The minimum Gasteiger partial charge on any atom is -0.394 e. The van der Waals surface area contributed by atoms with Crippen molar-refractivity contribution in [1.82, 2.24) is 5.32 Å². The number of hydrogen-bond donors (Lipinski definition) is 12. The van der Waals surface area contributed by atoms with Gasteiger partial charge >= 0.3 is 0 Å². The van der Waals surface area contributed by atoms with Crippen molar-refractivity contribution in [2.45, 2.75) is 369 Å². The summed E-state index contributed by atoms with van der Waals surface area (Å²) >= 11 is 0. The Bertz CT molecular complexity index is 1820. The molecule has 526 valence electrons. The molecule has 17 atom stereocenters. The summed E-state index contributed by atoms with van der Waals surface area (Å²) in [5, 5.41) is 120. The van der Waals surface area contributed by atoms with Gasteiger partial charge in [0.25, 0.3) is 0 Å². The molecule has 3 aliphatic rings. The first-order chi connectivity index (χ1) is 43.8. The Hall–Kier alpha value is -2.25. The number of hydrogen-bond acceptors (Lipinski definition) is 18. The summed E-state index contributed by atoms with van der Waals surface area (Å²) in [5.41, 5.74) is 0. The second-order valence-corrected chi connectivity index (χ2v) is 25.7. The lowest BCUT2D eigenvalue weighted by Crippen LogP contribution is -2.66. The molecule has 0 aromatic heterocycles. The topological polar surface area (TPSA) is 307 Å². The zero-order valence-corrected chi connectivity index (χ0v) is 55.6. The molecule has 12 N–H and O–H groups in total. The molecule has 1 amide bonds. The van der Waals surface area contributed by atoms with Gasteiger partial charge in [-0.05, 0) is 51.4 Å². The predicted octanol–water partition coefficient (Wildman–Crippen LogP) is 9.78. The van der Waals surface area contributed by atoms with E-state index in [9.17, 15) is 61.0 Å². The SMILES string of the molecule is CC/C=C\C/C=C\C/C=C\C/C=C\CCCCCCCCCCCCCCCCCCCCCCCCCCC(=O)NC(COC1OC(CO)C(OC2OC(CO)C(OC3OC(CO)C(O)C(O)C3O)C(O)C2O)C(O)C1O)C(O)CCCCCCCCCC. The van der Waals surface area contributed by atoms with Crippen molar-refractivity contribution in [2.24, 2.45) is 0 Å². The highest BCUT2D eigenvalue weighted by molar-refractivity contribution is 5.76. The molecule has 0 aromatic rings. The maximum absolute atomic E-state index is 13.4. The average Bonchev–Trinajstić information content (AvgIpc) is 0.847. The van der Waals surface area contributed by atoms with Crippen LogP contribution in [-0.4, -0.2) is 193 Å². The van der Waals surface area contributed by atoms with E-state index in [4.69, 9.17) is 28.4 Å². The van der Waals surface area contributed by atoms with E-state index in [-0.39, 0.29) is 18.9 Å². The van der Waals surface area contributed by atoms with Crippen LogP contribution in [0.4, 0.5) is 0 Å². The first-order valence-corrected chi connectivity index (χ1v) is 35.9. The number of ether oxygens (including phenoxy) is 6. The van der Waals surface area contributed by atoms with Crippen molar-refractivity contribution in [3.05, 3.63) is 48.6 Å². The van der Waals surface area contributed by atoms with E-state index in [1.54, 1.807) is 0 Å². The molecular formula is C71H129NO18. The van der Waals surface area contributed by atoms with E-state index in [0.717, 1.165) is 70.6 Å². The van der Waals surface area contributed by atoms with Gasteiger partial charge in [0.15, 0.2) is 18.9 Å². The maximum Gasteiger partial charge on any atom is 0.220 e. The molecule has 3 aliphatic heterocycles. The van der Waals surface area contributed by atoms with Crippen LogP contribution in [0.25, 0.3) is 0 Å². The van der Waals surface area contributed by atoms with Crippen LogP contribution < -0.4 is 5.32 Å². The van der Waals surface area contributed by atoms with E-state index >= 15 is 0 Å². The van der Waals surface area contributed by atoms with Crippen molar-refractivity contribution >= 4 is 5.91 Å². The minimum absolute atomic E-state index is 0.243. The van der Waals surface area contributed by atoms with Crippen molar-refractivity contribution in [2.75, 3.05) is 26.4 Å². The van der Waals surface area contributed by atoms with E-state index < -0.39 is 124 Å². The molecule has 0 radical (unpaired) electrons. The fourth-order valence-electron chi connectivity index (χ4n) is 12.1. The predicted molar refractivity (Wildman–Crippen MR) is 351 cm³/mol. The Balaban J connectivity index is 1.26. The molecule has 17 unspecified atom stereocenters. The Kier molecular flexibility index (Phi) is 48.2. The molecule has 3 saturated heterocycles. The van der Waals surface area contributed by atoms with Gasteiger partial charge < -0.3 is 89.9 Å². The monoisotopic (exact) mass is 1280 g/mol. The summed E-state index contributed by atoms with van der Waals surface area (Å²) in [7, 11) is 0. The summed E-state index contributed by atoms with van der Waals surface area (Å²) in [6, 6.07) is -0.883. The third-order valence-corrected chi connectivity index (χ3v) is 17.9.